The molecule has 0 saturated heterocycles. The summed E-state index contributed by atoms with van der Waals surface area (Å²) >= 11 is 2.76. The highest BCUT2D eigenvalue weighted by Crippen LogP contribution is 2.30. The lowest BCUT2D eigenvalue weighted by Gasteiger charge is -2.11. The Morgan fingerprint density at radius 3 is 2.78 bits per heavy atom. The van der Waals surface area contributed by atoms with E-state index in [1.54, 1.807) is 17.5 Å². The number of nitro benzene ring substituents is 1. The maximum Gasteiger partial charge on any atom is 0.270 e. The van der Waals surface area contributed by atoms with Crippen molar-refractivity contribution < 1.29 is 9.72 Å². The number of nitrogens with zero attached hydrogens (tertiary/aromatic N) is 5. The number of carbonyl (C=O) groups excluding carboxylic acids is 1. The number of nitrogens with one attached hydrogen (secondary N) is 1. The van der Waals surface area contributed by atoms with E-state index < -0.39 is 4.92 Å². The molecule has 3 heterocycles. The van der Waals surface area contributed by atoms with E-state index in [-0.39, 0.29) is 18.0 Å². The number of aromatic nitrogens is 4. The molecule has 3 aromatic heterocycles. The molecule has 11 heteroatoms. The fourth-order valence-corrected chi connectivity index (χ4v) is 5.78. The normalized spacial score (nSPS) is 11.3. The summed E-state index contributed by atoms with van der Waals surface area (Å²) in [7, 11) is 0. The van der Waals surface area contributed by atoms with E-state index in [4.69, 9.17) is 0 Å². The molecule has 2 aromatic carbocycles. The van der Waals surface area contributed by atoms with Gasteiger partial charge in [-0.15, -0.1) is 21.5 Å². The quantitative estimate of drug-likeness (QED) is 0.161. The predicted molar refractivity (Wildman–Crippen MR) is 143 cm³/mol. The minimum Gasteiger partial charge on any atom is -0.302 e. The third-order valence-corrected chi connectivity index (χ3v) is 7.45. The summed E-state index contributed by atoms with van der Waals surface area (Å²) in [4.78, 5) is 27.5. The second-order valence-corrected chi connectivity index (χ2v) is 10.4. The number of non-ortho nitro benzene ring substituents is 1. The second kappa shape index (κ2) is 9.67. The molecule has 0 bridgehead atoms. The van der Waals surface area contributed by atoms with Crippen LogP contribution in [0.1, 0.15) is 23.1 Å². The smallest absolute Gasteiger partial charge is 0.270 e. The van der Waals surface area contributed by atoms with Gasteiger partial charge in [0.05, 0.1) is 16.1 Å². The highest BCUT2D eigenvalue weighted by molar-refractivity contribution is 7.99. The van der Waals surface area contributed by atoms with Gasteiger partial charge < -0.3 is 5.32 Å². The third-order valence-electron chi connectivity index (χ3n) is 5.76. The number of anilines is 1. The average Bonchev–Trinajstić information content (AvgIpc) is 3.46. The zero-order chi connectivity index (χ0) is 25.4. The SMILES string of the molecule is Cc1cc(C)c2c(c1)c(C)cc1nnc(SCCC(=O)Nc3nc(-c4cccc([N+](=O)[O-])c4)cs3)n12. The van der Waals surface area contributed by atoms with E-state index in [9.17, 15) is 14.9 Å². The Bertz CT molecular complexity index is 1640. The molecule has 9 nitrogen and oxygen atoms in total. The monoisotopic (exact) mass is 518 g/mol. The van der Waals surface area contributed by atoms with Crippen LogP contribution in [0.2, 0.25) is 0 Å². The number of rotatable bonds is 7. The lowest BCUT2D eigenvalue weighted by atomic mass is 10.0. The number of hydrogen-bond acceptors (Lipinski definition) is 8. The summed E-state index contributed by atoms with van der Waals surface area (Å²) in [6, 6.07) is 12.6. The standard InChI is InChI=1S/C25H22N6O3S2/c1-14-9-16(3)23-19(10-14)15(2)11-21-28-29-25(30(21)23)35-8-7-22(32)27-24-26-20(13-36-24)17-5-4-6-18(12-17)31(33)34/h4-6,9-13H,7-8H2,1-3H3,(H,26,27,32). The molecule has 0 atom stereocenters. The van der Waals surface area contributed by atoms with Crippen molar-refractivity contribution in [2.75, 3.05) is 11.1 Å². The summed E-state index contributed by atoms with van der Waals surface area (Å²) in [5.74, 6) is 0.361. The number of amides is 1. The van der Waals surface area contributed by atoms with Gasteiger partial charge in [-0.3, -0.25) is 19.3 Å². The van der Waals surface area contributed by atoms with Gasteiger partial charge in [0.2, 0.25) is 5.91 Å². The lowest BCUT2D eigenvalue weighted by Crippen LogP contribution is -2.12. The molecule has 5 aromatic rings. The zero-order valence-electron chi connectivity index (χ0n) is 19.8. The summed E-state index contributed by atoms with van der Waals surface area (Å²) in [6.07, 6.45) is 0.271. The Morgan fingerprint density at radius 2 is 1.97 bits per heavy atom. The second-order valence-electron chi connectivity index (χ2n) is 8.47. The van der Waals surface area contributed by atoms with Crippen LogP contribution >= 0.6 is 23.1 Å². The summed E-state index contributed by atoms with van der Waals surface area (Å²) in [6.45, 7) is 6.26. The van der Waals surface area contributed by atoms with Crippen molar-refractivity contribution in [3.05, 3.63) is 74.6 Å². The van der Waals surface area contributed by atoms with Crippen LogP contribution < -0.4 is 5.32 Å². The van der Waals surface area contributed by atoms with Gasteiger partial charge in [-0.25, -0.2) is 4.98 Å². The van der Waals surface area contributed by atoms with Gasteiger partial charge in [0.1, 0.15) is 0 Å². The van der Waals surface area contributed by atoms with Gasteiger partial charge in [0.15, 0.2) is 15.9 Å². The van der Waals surface area contributed by atoms with E-state index in [1.807, 2.05) is 6.07 Å². The Labute approximate surface area is 214 Å². The van der Waals surface area contributed by atoms with E-state index in [1.165, 1.54) is 46.2 Å². The van der Waals surface area contributed by atoms with Crippen LogP contribution in [0.5, 0.6) is 0 Å². The van der Waals surface area contributed by atoms with Crippen molar-refractivity contribution in [3.63, 3.8) is 0 Å². The number of carbonyl (C=O) groups is 1. The molecule has 0 aliphatic heterocycles. The van der Waals surface area contributed by atoms with Crippen LogP contribution in [0.15, 0.2) is 53.0 Å². The van der Waals surface area contributed by atoms with Crippen LogP contribution in [-0.2, 0) is 4.79 Å². The van der Waals surface area contributed by atoms with E-state index >= 15 is 0 Å². The average molecular weight is 519 g/mol. The van der Waals surface area contributed by atoms with Crippen molar-refractivity contribution >= 4 is 56.4 Å². The number of nitro groups is 1. The summed E-state index contributed by atoms with van der Waals surface area (Å²) in [5.41, 5.74) is 6.59. The number of pyridine rings is 1. The highest BCUT2D eigenvalue weighted by Gasteiger charge is 2.15. The largest absolute Gasteiger partial charge is 0.302 e. The summed E-state index contributed by atoms with van der Waals surface area (Å²) in [5, 5.41) is 26.7. The fraction of sp³-hybridized carbons (Fsp3) is 0.200. The number of thiazole rings is 1. The Morgan fingerprint density at radius 1 is 1.14 bits per heavy atom. The van der Waals surface area contributed by atoms with E-state index in [0.717, 1.165) is 27.4 Å². The van der Waals surface area contributed by atoms with Crippen LogP contribution in [0.3, 0.4) is 0 Å². The maximum atomic E-state index is 12.6. The van der Waals surface area contributed by atoms with Crippen LogP contribution in [-0.4, -0.2) is 36.2 Å². The molecule has 0 fully saturated rings. The van der Waals surface area contributed by atoms with Crippen LogP contribution in [0.4, 0.5) is 10.8 Å². The summed E-state index contributed by atoms with van der Waals surface area (Å²) < 4.78 is 2.06. The molecule has 0 aliphatic carbocycles. The Balaban J connectivity index is 1.27. The molecule has 1 amide bonds. The predicted octanol–water partition coefficient (Wildman–Crippen LogP) is 5.96. The molecule has 0 unspecified atom stereocenters. The maximum absolute atomic E-state index is 12.6. The molecular weight excluding hydrogens is 496 g/mol. The van der Waals surface area contributed by atoms with Crippen molar-refractivity contribution in [1.82, 2.24) is 19.6 Å². The fourth-order valence-electron chi connectivity index (χ4n) is 4.17. The Hall–Kier alpha value is -3.83. The minimum atomic E-state index is -0.443. The van der Waals surface area contributed by atoms with Gasteiger partial charge in [-0.2, -0.15) is 0 Å². The molecule has 0 spiro atoms. The highest BCUT2D eigenvalue weighted by atomic mass is 32.2. The first-order valence-corrected chi connectivity index (χ1v) is 13.1. The number of benzene rings is 2. The first kappa shape index (κ1) is 23.9. The van der Waals surface area contributed by atoms with Crippen molar-refractivity contribution in [2.24, 2.45) is 0 Å². The molecule has 1 N–H and O–H groups in total. The molecule has 36 heavy (non-hydrogen) atoms. The van der Waals surface area contributed by atoms with E-state index in [0.29, 0.717) is 22.1 Å². The molecule has 5 rings (SSSR count). The number of fused-ring (bicyclic) bond motifs is 3. The molecule has 0 aliphatic rings. The number of aryl methyl sites for hydroxylation is 3. The van der Waals surface area contributed by atoms with Gasteiger partial charge >= 0.3 is 0 Å². The first-order chi connectivity index (χ1) is 17.3. The van der Waals surface area contributed by atoms with Gasteiger partial charge in [0, 0.05) is 40.6 Å². The first-order valence-electron chi connectivity index (χ1n) is 11.2. The van der Waals surface area contributed by atoms with Gasteiger partial charge in [0.25, 0.3) is 5.69 Å². The molecule has 0 radical (unpaired) electrons. The lowest BCUT2D eigenvalue weighted by molar-refractivity contribution is -0.384. The minimum absolute atomic E-state index is 0.00242. The third kappa shape index (κ3) is 4.67. The van der Waals surface area contributed by atoms with Crippen molar-refractivity contribution in [1.29, 1.82) is 0 Å². The molecule has 182 valence electrons. The van der Waals surface area contributed by atoms with Crippen LogP contribution in [0, 0.1) is 30.9 Å². The van der Waals surface area contributed by atoms with Crippen molar-refractivity contribution in [3.8, 4) is 11.3 Å². The van der Waals surface area contributed by atoms with Gasteiger partial charge in [-0.05, 0) is 44.0 Å². The van der Waals surface area contributed by atoms with Gasteiger partial charge in [-0.1, -0.05) is 35.5 Å². The zero-order valence-corrected chi connectivity index (χ0v) is 21.4. The molecular formula is C25H22N6O3S2. The van der Waals surface area contributed by atoms with Crippen LogP contribution in [0.25, 0.3) is 27.8 Å². The number of thioether (sulfide) groups is 1. The Kier molecular flexibility index (Phi) is 6.42. The van der Waals surface area contributed by atoms with Crippen molar-refractivity contribution in [2.45, 2.75) is 32.3 Å². The number of hydrogen-bond donors (Lipinski definition) is 1. The molecule has 0 saturated carbocycles. The topological polar surface area (TPSA) is 115 Å². The van der Waals surface area contributed by atoms with E-state index in [2.05, 4.69) is 57.8 Å².